The third-order valence-electron chi connectivity index (χ3n) is 4.63. The summed E-state index contributed by atoms with van der Waals surface area (Å²) in [6.45, 7) is 10.6. The number of carboxylic acid groups (broad SMARTS) is 1. The molecular weight excluding hydrogens is 232 g/mol. The van der Waals surface area contributed by atoms with Gasteiger partial charge in [-0.25, -0.2) is 4.79 Å². The molecule has 100 valence electrons. The zero-order valence-electron chi connectivity index (χ0n) is 11.4. The van der Waals surface area contributed by atoms with Crippen molar-refractivity contribution in [3.8, 4) is 0 Å². The van der Waals surface area contributed by atoms with Gasteiger partial charge in [-0.15, -0.1) is 0 Å². The molecule has 18 heavy (non-hydrogen) atoms. The molecule has 0 heterocycles. The molecule has 2 atom stereocenters. The predicted octanol–water partition coefficient (Wildman–Crippen LogP) is 2.23. The van der Waals surface area contributed by atoms with Gasteiger partial charge in [0.15, 0.2) is 0 Å². The minimum absolute atomic E-state index is 0.00926. The lowest BCUT2D eigenvalue weighted by atomic mass is 9.70. The van der Waals surface area contributed by atoms with Crippen molar-refractivity contribution in [3.05, 3.63) is 12.2 Å². The number of carbonyl (C=O) groups excluding carboxylic acids is 2. The van der Waals surface area contributed by atoms with Crippen LogP contribution < -0.4 is 0 Å². The van der Waals surface area contributed by atoms with E-state index >= 15 is 0 Å². The number of carboxylic acids is 1. The maximum absolute atomic E-state index is 11.6. The third-order valence-corrected chi connectivity index (χ3v) is 4.63. The van der Waals surface area contributed by atoms with Crippen molar-refractivity contribution in [2.75, 3.05) is 0 Å². The Morgan fingerprint density at radius 2 is 1.78 bits per heavy atom. The Kier molecular flexibility index (Phi) is 3.52. The lowest BCUT2D eigenvalue weighted by Crippen LogP contribution is -2.33. The molecule has 0 amide bonds. The van der Waals surface area contributed by atoms with E-state index in [1.165, 1.54) is 6.92 Å². The number of aliphatic carboxylic acids is 1. The molecule has 1 N–H and O–H groups in total. The highest BCUT2D eigenvalue weighted by Crippen LogP contribution is 2.61. The molecule has 2 aliphatic rings. The van der Waals surface area contributed by atoms with Gasteiger partial charge in [-0.05, 0) is 25.2 Å². The zero-order valence-corrected chi connectivity index (χ0v) is 11.4. The molecule has 0 aromatic carbocycles. The molecule has 0 aromatic heterocycles. The summed E-state index contributed by atoms with van der Waals surface area (Å²) < 4.78 is 0. The summed E-state index contributed by atoms with van der Waals surface area (Å²) in [7, 11) is 0. The molecular formula is C14H20O4. The first-order valence-corrected chi connectivity index (χ1v) is 6.03. The van der Waals surface area contributed by atoms with Gasteiger partial charge in [-0.3, -0.25) is 9.59 Å². The van der Waals surface area contributed by atoms with E-state index in [9.17, 15) is 14.4 Å². The smallest absolute Gasteiger partial charge is 0.330 e. The Morgan fingerprint density at radius 3 is 1.94 bits per heavy atom. The van der Waals surface area contributed by atoms with E-state index in [-0.39, 0.29) is 33.9 Å². The summed E-state index contributed by atoms with van der Waals surface area (Å²) in [6.07, 6.45) is 1.81. The van der Waals surface area contributed by atoms with Gasteiger partial charge in [0, 0.05) is 16.9 Å². The van der Waals surface area contributed by atoms with Crippen molar-refractivity contribution in [2.24, 2.45) is 16.7 Å². The molecule has 4 heteroatoms. The first-order chi connectivity index (χ1) is 8.05. The van der Waals surface area contributed by atoms with Crippen LogP contribution in [0.5, 0.6) is 0 Å². The van der Waals surface area contributed by atoms with Gasteiger partial charge >= 0.3 is 5.97 Å². The van der Waals surface area contributed by atoms with Crippen molar-refractivity contribution >= 4 is 17.5 Å². The van der Waals surface area contributed by atoms with Gasteiger partial charge in [0.05, 0.1) is 0 Å². The molecule has 0 aromatic rings. The fourth-order valence-electron chi connectivity index (χ4n) is 2.80. The van der Waals surface area contributed by atoms with E-state index < -0.39 is 5.97 Å². The van der Waals surface area contributed by atoms with Crippen LogP contribution in [0, 0.1) is 16.7 Å². The fourth-order valence-corrected chi connectivity index (χ4v) is 2.80. The molecule has 0 radical (unpaired) electrons. The van der Waals surface area contributed by atoms with Crippen molar-refractivity contribution in [2.45, 2.75) is 40.5 Å². The second kappa shape index (κ2) is 4.34. The summed E-state index contributed by atoms with van der Waals surface area (Å²) in [6, 6.07) is 0. The van der Waals surface area contributed by atoms with Gasteiger partial charge in [-0.2, -0.15) is 0 Å². The van der Waals surface area contributed by atoms with Crippen molar-refractivity contribution < 1.29 is 19.5 Å². The number of carbonyl (C=O) groups is 3. The van der Waals surface area contributed by atoms with Gasteiger partial charge < -0.3 is 5.11 Å². The molecule has 2 unspecified atom stereocenters. The maximum Gasteiger partial charge on any atom is 0.330 e. The van der Waals surface area contributed by atoms with Crippen molar-refractivity contribution in [1.29, 1.82) is 0 Å². The van der Waals surface area contributed by atoms with Crippen LogP contribution in [0.2, 0.25) is 0 Å². The van der Waals surface area contributed by atoms with E-state index in [1.54, 1.807) is 0 Å². The normalized spacial score (nSPS) is 31.9. The summed E-state index contributed by atoms with van der Waals surface area (Å²) in [5.41, 5.74) is -0.273. The monoisotopic (exact) mass is 252 g/mol. The Balaban J connectivity index is 0.000000232. The average molecular weight is 252 g/mol. The SMILES string of the molecule is C=C(C)C(=O)O.CC12CCC(C(=O)C1=O)C2(C)C. The van der Waals surface area contributed by atoms with Crippen LogP contribution in [-0.2, 0) is 14.4 Å². The predicted molar refractivity (Wildman–Crippen MR) is 67.1 cm³/mol. The van der Waals surface area contributed by atoms with Crippen molar-refractivity contribution in [3.63, 3.8) is 0 Å². The van der Waals surface area contributed by atoms with Crippen LogP contribution in [-0.4, -0.2) is 22.6 Å². The van der Waals surface area contributed by atoms with Crippen LogP contribution in [0.15, 0.2) is 12.2 Å². The largest absolute Gasteiger partial charge is 0.478 e. The minimum Gasteiger partial charge on any atom is -0.478 e. The standard InChI is InChI=1S/C10H14O2.C4H6O2/c1-9(2)6-4-5-10(9,3)8(12)7(6)11;1-3(2)4(5)6/h6H,4-5H2,1-3H3;1H2,2H3,(H,5,6). The second-order valence-corrected chi connectivity index (χ2v) is 5.92. The minimum atomic E-state index is -0.935. The van der Waals surface area contributed by atoms with E-state index in [1.807, 2.05) is 20.8 Å². The number of ketones is 2. The van der Waals surface area contributed by atoms with Gasteiger partial charge in [0.25, 0.3) is 0 Å². The molecule has 2 aliphatic carbocycles. The average Bonchev–Trinajstić information content (AvgIpc) is 2.55. The fraction of sp³-hybridized carbons (Fsp3) is 0.643. The highest BCUT2D eigenvalue weighted by molar-refractivity contribution is 6.43. The number of hydrogen-bond donors (Lipinski definition) is 1. The molecule has 4 nitrogen and oxygen atoms in total. The lowest BCUT2D eigenvalue weighted by Gasteiger charge is -2.31. The molecule has 0 saturated heterocycles. The molecule has 2 rings (SSSR count). The summed E-state index contributed by atoms with van der Waals surface area (Å²) in [5, 5.41) is 7.89. The Morgan fingerprint density at radius 1 is 1.33 bits per heavy atom. The second-order valence-electron chi connectivity index (χ2n) is 5.92. The van der Waals surface area contributed by atoms with Gasteiger partial charge in [0.1, 0.15) is 0 Å². The summed E-state index contributed by atoms with van der Waals surface area (Å²) in [4.78, 5) is 32.6. The molecule has 2 saturated carbocycles. The van der Waals surface area contributed by atoms with Gasteiger partial charge in [0.2, 0.25) is 11.6 Å². The van der Waals surface area contributed by atoms with E-state index in [0.29, 0.717) is 0 Å². The summed E-state index contributed by atoms with van der Waals surface area (Å²) >= 11 is 0. The van der Waals surface area contributed by atoms with E-state index in [0.717, 1.165) is 12.8 Å². The highest BCUT2D eigenvalue weighted by Gasteiger charge is 2.66. The molecule has 2 fully saturated rings. The lowest BCUT2D eigenvalue weighted by molar-refractivity contribution is -0.141. The number of fused-ring (bicyclic) bond motifs is 2. The first kappa shape index (κ1) is 14.6. The molecule has 0 aliphatic heterocycles. The summed E-state index contributed by atoms with van der Waals surface area (Å²) in [5.74, 6) is -1.16. The Labute approximate surface area is 107 Å². The first-order valence-electron chi connectivity index (χ1n) is 6.03. The van der Waals surface area contributed by atoms with Crippen LogP contribution >= 0.6 is 0 Å². The Hall–Kier alpha value is -1.45. The van der Waals surface area contributed by atoms with Crippen molar-refractivity contribution in [1.82, 2.24) is 0 Å². The van der Waals surface area contributed by atoms with Crippen LogP contribution in [0.1, 0.15) is 40.5 Å². The third kappa shape index (κ3) is 1.89. The van der Waals surface area contributed by atoms with Crippen LogP contribution in [0.25, 0.3) is 0 Å². The molecule has 0 spiro atoms. The Bertz CT molecular complexity index is 421. The zero-order chi connectivity index (χ0) is 14.3. The van der Waals surface area contributed by atoms with E-state index in [4.69, 9.17) is 5.11 Å². The number of rotatable bonds is 1. The quantitative estimate of drug-likeness (QED) is 0.573. The van der Waals surface area contributed by atoms with E-state index in [2.05, 4.69) is 6.58 Å². The topological polar surface area (TPSA) is 71.4 Å². The highest BCUT2D eigenvalue weighted by atomic mass is 16.4. The molecule has 2 bridgehead atoms. The van der Waals surface area contributed by atoms with Crippen LogP contribution in [0.4, 0.5) is 0 Å². The maximum atomic E-state index is 11.6. The van der Waals surface area contributed by atoms with Gasteiger partial charge in [-0.1, -0.05) is 27.4 Å². The van der Waals surface area contributed by atoms with Crippen LogP contribution in [0.3, 0.4) is 0 Å². The number of hydrogen-bond acceptors (Lipinski definition) is 3. The number of Topliss-reactive ketones (excluding diaryl/α,β-unsaturated/α-hetero) is 2.